The number of furan rings is 1. The molecule has 0 unspecified atom stereocenters. The van der Waals surface area contributed by atoms with Gasteiger partial charge in [-0.3, -0.25) is 4.98 Å². The van der Waals surface area contributed by atoms with Gasteiger partial charge in [0.15, 0.2) is 5.58 Å². The fourth-order valence-corrected chi connectivity index (χ4v) is 6.13. The third-order valence-corrected chi connectivity index (χ3v) is 7.73. The maximum absolute atomic E-state index is 6.52. The van der Waals surface area contributed by atoms with Crippen LogP contribution in [0.5, 0.6) is 0 Å². The molecule has 6 rings (SSSR count). The molecule has 0 aliphatic rings. The minimum Gasteiger partial charge on any atom is -0.454 e. The minimum absolute atomic E-state index is 0.0224. The number of hydrogen-bond acceptors (Lipinski definition) is 3. The van der Waals surface area contributed by atoms with Crippen LogP contribution in [0.15, 0.2) is 70.6 Å². The van der Waals surface area contributed by atoms with Gasteiger partial charge >= 0.3 is 0 Å². The maximum Gasteiger partial charge on any atom is 0.161 e. The lowest BCUT2D eigenvalue weighted by Crippen LogP contribution is -2.12. The molecule has 6 aromatic rings. The molecule has 0 aliphatic carbocycles. The first-order valence-electron chi connectivity index (χ1n) is 12.0. The summed E-state index contributed by atoms with van der Waals surface area (Å²) in [7, 11) is 0. The second kappa shape index (κ2) is 7.68. The summed E-state index contributed by atoms with van der Waals surface area (Å²) in [6, 6.07) is 19.8. The van der Waals surface area contributed by atoms with Crippen molar-refractivity contribution in [3.8, 4) is 11.3 Å². The summed E-state index contributed by atoms with van der Waals surface area (Å²) in [5.74, 6) is 0.635. The number of pyridine rings is 1. The minimum atomic E-state index is 0.0224. The Bertz CT molecular complexity index is 1690. The fourth-order valence-electron chi connectivity index (χ4n) is 5.15. The highest BCUT2D eigenvalue weighted by atomic mass is 32.1. The van der Waals surface area contributed by atoms with Crippen molar-refractivity contribution in [2.75, 3.05) is 0 Å². The van der Waals surface area contributed by atoms with Crippen molar-refractivity contribution < 1.29 is 4.42 Å². The van der Waals surface area contributed by atoms with Crippen LogP contribution in [0.2, 0.25) is 0 Å². The molecule has 3 heteroatoms. The van der Waals surface area contributed by atoms with Crippen LogP contribution in [-0.2, 0) is 11.8 Å². The van der Waals surface area contributed by atoms with Gasteiger partial charge in [-0.15, -0.1) is 11.3 Å². The molecule has 34 heavy (non-hydrogen) atoms. The van der Waals surface area contributed by atoms with E-state index in [0.717, 1.165) is 34.2 Å². The fraction of sp³-hybridized carbons (Fsp3) is 0.258. The van der Waals surface area contributed by atoms with Crippen molar-refractivity contribution in [1.29, 1.82) is 0 Å². The van der Waals surface area contributed by atoms with E-state index in [9.17, 15) is 0 Å². The van der Waals surface area contributed by atoms with Crippen molar-refractivity contribution in [3.05, 3.63) is 77.3 Å². The Hall–Kier alpha value is -3.17. The van der Waals surface area contributed by atoms with Gasteiger partial charge in [0.25, 0.3) is 0 Å². The second-order valence-electron chi connectivity index (χ2n) is 10.8. The van der Waals surface area contributed by atoms with E-state index in [2.05, 4.69) is 94.6 Å². The van der Waals surface area contributed by atoms with Crippen molar-refractivity contribution in [3.63, 3.8) is 0 Å². The third kappa shape index (κ3) is 3.42. The van der Waals surface area contributed by atoms with E-state index in [0.29, 0.717) is 5.92 Å². The van der Waals surface area contributed by atoms with Gasteiger partial charge in [0, 0.05) is 27.2 Å². The van der Waals surface area contributed by atoms with Crippen LogP contribution < -0.4 is 0 Å². The van der Waals surface area contributed by atoms with Crippen LogP contribution in [0.25, 0.3) is 54.1 Å². The van der Waals surface area contributed by atoms with E-state index in [1.165, 1.54) is 37.4 Å². The average molecular weight is 464 g/mol. The molecule has 3 aromatic heterocycles. The van der Waals surface area contributed by atoms with E-state index in [1.54, 1.807) is 0 Å². The van der Waals surface area contributed by atoms with Crippen LogP contribution in [0.3, 0.4) is 0 Å². The van der Waals surface area contributed by atoms with E-state index in [-0.39, 0.29) is 5.41 Å². The normalized spacial score (nSPS) is 12.6. The standard InChI is InChI=1S/C31H29NOS/c1-18(2)12-21-17-34-28-16-27-25(15-24(21)28)23-10-11-32-29(30(23)33-27)20-13-19-8-6-7-9-22(19)26(14-20)31(3,4)5/h6-11,13-18H,12H2,1-5H3. The Morgan fingerprint density at radius 1 is 0.912 bits per heavy atom. The lowest BCUT2D eigenvalue weighted by Gasteiger charge is -2.22. The first-order chi connectivity index (χ1) is 16.3. The highest BCUT2D eigenvalue weighted by Crippen LogP contribution is 2.41. The van der Waals surface area contributed by atoms with Crippen molar-refractivity contribution in [2.24, 2.45) is 5.92 Å². The molecule has 0 radical (unpaired) electrons. The predicted molar refractivity (Wildman–Crippen MR) is 147 cm³/mol. The zero-order chi connectivity index (χ0) is 23.6. The SMILES string of the molecule is CC(C)Cc1csc2cc3oc4c(-c5cc(C(C)(C)C)c6ccccc6c5)nccc4c3cc12. The summed E-state index contributed by atoms with van der Waals surface area (Å²) in [6.45, 7) is 11.4. The number of nitrogens with zero attached hydrogens (tertiary/aromatic N) is 1. The second-order valence-corrected chi connectivity index (χ2v) is 11.7. The Kier molecular flexibility index (Phi) is 4.82. The summed E-state index contributed by atoms with van der Waals surface area (Å²) in [6.07, 6.45) is 3.02. The summed E-state index contributed by atoms with van der Waals surface area (Å²) < 4.78 is 7.81. The molecule has 170 valence electrons. The van der Waals surface area contributed by atoms with Gasteiger partial charge in [0.2, 0.25) is 0 Å². The zero-order valence-electron chi connectivity index (χ0n) is 20.4. The topological polar surface area (TPSA) is 26.0 Å². The molecular weight excluding hydrogens is 434 g/mol. The lowest BCUT2D eigenvalue weighted by atomic mass is 9.82. The Morgan fingerprint density at radius 2 is 1.74 bits per heavy atom. The highest BCUT2D eigenvalue weighted by Gasteiger charge is 2.21. The molecule has 2 nitrogen and oxygen atoms in total. The van der Waals surface area contributed by atoms with E-state index >= 15 is 0 Å². The van der Waals surface area contributed by atoms with Gasteiger partial charge in [-0.1, -0.05) is 58.9 Å². The number of rotatable bonds is 3. The summed E-state index contributed by atoms with van der Waals surface area (Å²) in [5.41, 5.74) is 6.61. The third-order valence-electron chi connectivity index (χ3n) is 6.73. The molecule has 0 saturated carbocycles. The molecular formula is C31H29NOS. The molecule has 0 bridgehead atoms. The predicted octanol–water partition coefficient (Wildman–Crippen LogP) is 9.51. The van der Waals surface area contributed by atoms with Gasteiger partial charge in [0.05, 0.1) is 0 Å². The molecule has 0 fully saturated rings. The largest absolute Gasteiger partial charge is 0.454 e. The van der Waals surface area contributed by atoms with Crippen molar-refractivity contribution in [2.45, 2.75) is 46.5 Å². The molecule has 0 aliphatic heterocycles. The maximum atomic E-state index is 6.52. The molecule has 0 amide bonds. The van der Waals surface area contributed by atoms with Crippen LogP contribution >= 0.6 is 11.3 Å². The van der Waals surface area contributed by atoms with Gasteiger partial charge in [-0.25, -0.2) is 0 Å². The lowest BCUT2D eigenvalue weighted by molar-refractivity contribution is 0.596. The van der Waals surface area contributed by atoms with Crippen LogP contribution in [-0.4, -0.2) is 4.98 Å². The van der Waals surface area contributed by atoms with Crippen molar-refractivity contribution >= 4 is 54.1 Å². The quantitative estimate of drug-likeness (QED) is 0.261. The smallest absolute Gasteiger partial charge is 0.161 e. The Morgan fingerprint density at radius 3 is 2.53 bits per heavy atom. The summed E-state index contributed by atoms with van der Waals surface area (Å²) in [5, 5.41) is 8.50. The number of fused-ring (bicyclic) bond motifs is 5. The molecule has 0 N–H and O–H groups in total. The first kappa shape index (κ1) is 21.4. The van der Waals surface area contributed by atoms with E-state index in [4.69, 9.17) is 9.40 Å². The monoisotopic (exact) mass is 463 g/mol. The van der Waals surface area contributed by atoms with E-state index in [1.807, 2.05) is 17.5 Å². The number of aromatic nitrogens is 1. The van der Waals surface area contributed by atoms with Crippen LogP contribution in [0.4, 0.5) is 0 Å². The summed E-state index contributed by atoms with van der Waals surface area (Å²) >= 11 is 1.81. The number of thiophene rings is 1. The van der Waals surface area contributed by atoms with Gasteiger partial charge in [-0.2, -0.15) is 0 Å². The average Bonchev–Trinajstić information content (AvgIpc) is 3.36. The Labute approximate surface area is 204 Å². The van der Waals surface area contributed by atoms with E-state index < -0.39 is 0 Å². The van der Waals surface area contributed by atoms with Gasteiger partial charge < -0.3 is 4.42 Å². The molecule has 0 atom stereocenters. The molecule has 3 aromatic carbocycles. The molecule has 0 saturated heterocycles. The van der Waals surface area contributed by atoms with Gasteiger partial charge in [-0.05, 0) is 80.8 Å². The highest BCUT2D eigenvalue weighted by molar-refractivity contribution is 7.17. The first-order valence-corrected chi connectivity index (χ1v) is 12.9. The molecule has 0 spiro atoms. The molecule has 3 heterocycles. The van der Waals surface area contributed by atoms with Crippen LogP contribution in [0, 0.1) is 5.92 Å². The van der Waals surface area contributed by atoms with Gasteiger partial charge in [0.1, 0.15) is 11.3 Å². The van der Waals surface area contributed by atoms with Crippen LogP contribution in [0.1, 0.15) is 45.7 Å². The number of benzene rings is 3. The summed E-state index contributed by atoms with van der Waals surface area (Å²) in [4.78, 5) is 4.83. The Balaban J connectivity index is 1.61. The zero-order valence-corrected chi connectivity index (χ0v) is 21.2. The van der Waals surface area contributed by atoms with Crippen molar-refractivity contribution in [1.82, 2.24) is 4.98 Å². The number of hydrogen-bond donors (Lipinski definition) is 0.